The second-order valence-corrected chi connectivity index (χ2v) is 8.65. The van der Waals surface area contributed by atoms with Gasteiger partial charge in [0.2, 0.25) is 0 Å². The molecule has 1 aliphatic heterocycles. The summed E-state index contributed by atoms with van der Waals surface area (Å²) in [4.78, 5) is 22.5. The lowest BCUT2D eigenvalue weighted by Crippen LogP contribution is -2.10. The van der Waals surface area contributed by atoms with Gasteiger partial charge >= 0.3 is 11.9 Å². The summed E-state index contributed by atoms with van der Waals surface area (Å²) in [5, 5.41) is 18.5. The Morgan fingerprint density at radius 1 is 0.939 bits per heavy atom. The third kappa shape index (κ3) is 6.98. The smallest absolute Gasteiger partial charge is 0.335 e. The lowest BCUT2D eigenvalue weighted by Gasteiger charge is -2.24. The molecule has 6 heteroatoms. The van der Waals surface area contributed by atoms with E-state index in [0.29, 0.717) is 36.7 Å². The molecule has 0 saturated carbocycles. The van der Waals surface area contributed by atoms with E-state index in [1.54, 1.807) is 12.1 Å². The number of ether oxygens (including phenoxy) is 2. The first kappa shape index (κ1) is 24.6. The van der Waals surface area contributed by atoms with E-state index in [1.807, 2.05) is 12.1 Å². The first-order valence-corrected chi connectivity index (χ1v) is 12.0. The maximum atomic E-state index is 11.3. The van der Waals surface area contributed by atoms with Crippen LogP contribution in [0.5, 0.6) is 17.2 Å². The number of fused-ring (bicyclic) bond motifs is 2. The van der Waals surface area contributed by atoms with Crippen molar-refractivity contribution >= 4 is 11.9 Å². The van der Waals surface area contributed by atoms with E-state index >= 15 is 0 Å². The third-order valence-corrected chi connectivity index (χ3v) is 6.04. The van der Waals surface area contributed by atoms with Crippen LogP contribution >= 0.6 is 0 Å². The summed E-state index contributed by atoms with van der Waals surface area (Å²) in [5.74, 6) is 0.0625. The van der Waals surface area contributed by atoms with Crippen LogP contribution in [0.2, 0.25) is 0 Å². The lowest BCUT2D eigenvalue weighted by atomic mass is 9.94. The Bertz CT molecular complexity index is 965. The van der Waals surface area contributed by atoms with Crippen molar-refractivity contribution in [2.24, 2.45) is 0 Å². The Kier molecular flexibility index (Phi) is 9.16. The maximum Gasteiger partial charge on any atom is 0.335 e. The van der Waals surface area contributed by atoms with Gasteiger partial charge in [0.25, 0.3) is 0 Å². The van der Waals surface area contributed by atoms with Gasteiger partial charge in [-0.25, -0.2) is 4.79 Å². The van der Waals surface area contributed by atoms with E-state index in [2.05, 4.69) is 6.92 Å². The molecule has 0 aromatic heterocycles. The number of aliphatic carboxylic acids is 1. The fourth-order valence-corrected chi connectivity index (χ4v) is 4.21. The molecule has 0 saturated heterocycles. The van der Waals surface area contributed by atoms with Gasteiger partial charge in [0.15, 0.2) is 0 Å². The maximum absolute atomic E-state index is 11.3. The molecule has 0 unspecified atom stereocenters. The summed E-state index contributed by atoms with van der Waals surface area (Å²) in [6.07, 6.45) is 10.6. The predicted octanol–water partition coefficient (Wildman–Crippen LogP) is 6.62. The fraction of sp³-hybridized carbons (Fsp3) is 0.481. The zero-order chi connectivity index (χ0) is 23.6. The van der Waals surface area contributed by atoms with Crippen molar-refractivity contribution in [3.63, 3.8) is 0 Å². The van der Waals surface area contributed by atoms with E-state index in [1.165, 1.54) is 44.6 Å². The Hall–Kier alpha value is -3.02. The van der Waals surface area contributed by atoms with E-state index in [0.717, 1.165) is 29.5 Å². The number of carbonyl (C=O) groups is 2. The van der Waals surface area contributed by atoms with Crippen molar-refractivity contribution in [2.75, 3.05) is 6.61 Å². The highest BCUT2D eigenvalue weighted by Gasteiger charge is 2.24. The van der Waals surface area contributed by atoms with Gasteiger partial charge < -0.3 is 19.7 Å². The van der Waals surface area contributed by atoms with E-state index in [9.17, 15) is 19.8 Å². The summed E-state index contributed by atoms with van der Waals surface area (Å²) < 4.78 is 12.2. The van der Waals surface area contributed by atoms with Crippen LogP contribution in [0.25, 0.3) is 0 Å². The summed E-state index contributed by atoms with van der Waals surface area (Å²) >= 11 is 0. The zero-order valence-electron chi connectivity index (χ0n) is 19.4. The molecule has 3 rings (SSSR count). The molecule has 0 radical (unpaired) electrons. The minimum atomic E-state index is -0.976. The normalized spacial score (nSPS) is 11.9. The van der Waals surface area contributed by atoms with Gasteiger partial charge in [0, 0.05) is 24.0 Å². The van der Waals surface area contributed by atoms with Gasteiger partial charge in [-0.1, -0.05) is 57.9 Å². The van der Waals surface area contributed by atoms with Crippen molar-refractivity contribution < 1.29 is 29.3 Å². The van der Waals surface area contributed by atoms with E-state index in [4.69, 9.17) is 9.47 Å². The number of hydrogen-bond acceptors (Lipinski definition) is 4. The molecule has 0 spiro atoms. The summed E-state index contributed by atoms with van der Waals surface area (Å²) in [7, 11) is 0. The molecule has 0 atom stereocenters. The predicted molar refractivity (Wildman–Crippen MR) is 127 cm³/mol. The van der Waals surface area contributed by atoms with Crippen LogP contribution < -0.4 is 9.47 Å². The van der Waals surface area contributed by atoms with Crippen LogP contribution in [0.1, 0.15) is 91.8 Å². The Balaban J connectivity index is 1.66. The van der Waals surface area contributed by atoms with Gasteiger partial charge in [-0.05, 0) is 42.7 Å². The summed E-state index contributed by atoms with van der Waals surface area (Å²) in [6.45, 7) is 2.81. The highest BCUT2D eigenvalue weighted by atomic mass is 16.5. The number of aromatic carboxylic acids is 1. The summed E-state index contributed by atoms with van der Waals surface area (Å²) in [6, 6.07) is 8.63. The van der Waals surface area contributed by atoms with Crippen molar-refractivity contribution in [1.29, 1.82) is 0 Å². The average Bonchev–Trinajstić information content (AvgIpc) is 2.80. The molecule has 0 aliphatic carbocycles. The average molecular weight is 455 g/mol. The van der Waals surface area contributed by atoms with Crippen LogP contribution in [0.3, 0.4) is 0 Å². The van der Waals surface area contributed by atoms with Crippen LogP contribution in [0.4, 0.5) is 0 Å². The molecule has 0 amide bonds. The molecule has 178 valence electrons. The molecule has 1 aliphatic rings. The number of benzene rings is 2. The Labute approximate surface area is 195 Å². The topological polar surface area (TPSA) is 93.1 Å². The standard InChI is InChI=1S/C27H34O6/c1-2-3-4-5-6-7-8-9-16-32-24-14-10-19-17-21-18-20(27(30)31)11-13-23(21)33-26(19)22(24)12-15-25(28)29/h10-11,13-14,18H,2-9,12,15-17H2,1H3,(H,28,29)(H,30,31). The van der Waals surface area contributed by atoms with Gasteiger partial charge in [-0.15, -0.1) is 0 Å². The minimum Gasteiger partial charge on any atom is -0.493 e. The molecule has 2 aromatic carbocycles. The molecular formula is C27H34O6. The second-order valence-electron chi connectivity index (χ2n) is 8.65. The van der Waals surface area contributed by atoms with Crippen molar-refractivity contribution in [1.82, 2.24) is 0 Å². The number of carboxylic acid groups (broad SMARTS) is 2. The molecule has 0 fully saturated rings. The molecule has 1 heterocycles. The van der Waals surface area contributed by atoms with Crippen molar-refractivity contribution in [2.45, 2.75) is 77.6 Å². The van der Waals surface area contributed by atoms with Crippen LogP contribution in [0.15, 0.2) is 30.3 Å². The van der Waals surface area contributed by atoms with Gasteiger partial charge in [-0.3, -0.25) is 4.79 Å². The molecular weight excluding hydrogens is 420 g/mol. The first-order valence-electron chi connectivity index (χ1n) is 12.0. The summed E-state index contributed by atoms with van der Waals surface area (Å²) in [5.41, 5.74) is 2.70. The number of rotatable bonds is 14. The lowest BCUT2D eigenvalue weighted by molar-refractivity contribution is -0.136. The first-order chi connectivity index (χ1) is 16.0. The number of carboxylic acids is 2. The van der Waals surface area contributed by atoms with Gasteiger partial charge in [0.1, 0.15) is 17.2 Å². The molecule has 33 heavy (non-hydrogen) atoms. The van der Waals surface area contributed by atoms with Crippen LogP contribution in [-0.4, -0.2) is 28.8 Å². The van der Waals surface area contributed by atoms with Gasteiger partial charge in [-0.2, -0.15) is 0 Å². The fourth-order valence-electron chi connectivity index (χ4n) is 4.21. The SMILES string of the molecule is CCCCCCCCCCOc1ccc2c(c1CCC(=O)O)Oc1ccc(C(=O)O)cc1C2. The minimum absolute atomic E-state index is 0.0151. The molecule has 0 bridgehead atoms. The quantitative estimate of drug-likeness (QED) is 0.266. The number of unbranched alkanes of at least 4 members (excludes halogenated alkanes) is 7. The van der Waals surface area contributed by atoms with E-state index < -0.39 is 11.9 Å². The largest absolute Gasteiger partial charge is 0.493 e. The Morgan fingerprint density at radius 3 is 2.36 bits per heavy atom. The van der Waals surface area contributed by atoms with Crippen molar-refractivity contribution in [3.05, 3.63) is 52.6 Å². The molecule has 6 nitrogen and oxygen atoms in total. The van der Waals surface area contributed by atoms with Crippen molar-refractivity contribution in [3.8, 4) is 17.2 Å². The highest BCUT2D eigenvalue weighted by molar-refractivity contribution is 5.88. The molecule has 2 aromatic rings. The Morgan fingerprint density at radius 2 is 1.67 bits per heavy atom. The van der Waals surface area contributed by atoms with Crippen LogP contribution in [0, 0.1) is 0 Å². The monoisotopic (exact) mass is 454 g/mol. The third-order valence-electron chi connectivity index (χ3n) is 6.04. The highest BCUT2D eigenvalue weighted by Crippen LogP contribution is 2.43. The molecule has 2 N–H and O–H groups in total. The zero-order valence-corrected chi connectivity index (χ0v) is 19.4. The van der Waals surface area contributed by atoms with E-state index in [-0.39, 0.29) is 12.0 Å². The second kappa shape index (κ2) is 12.3. The van der Waals surface area contributed by atoms with Gasteiger partial charge in [0.05, 0.1) is 12.2 Å². The number of hydrogen-bond donors (Lipinski definition) is 2. The van der Waals surface area contributed by atoms with Crippen LogP contribution in [-0.2, 0) is 17.6 Å².